The van der Waals surface area contributed by atoms with Gasteiger partial charge >= 0.3 is 0 Å². The quantitative estimate of drug-likeness (QED) is 0.753. The summed E-state index contributed by atoms with van der Waals surface area (Å²) in [6.45, 7) is 7.33. The number of nitrogens with zero attached hydrogens (tertiary/aromatic N) is 3. The van der Waals surface area contributed by atoms with E-state index in [9.17, 15) is 9.90 Å². The summed E-state index contributed by atoms with van der Waals surface area (Å²) < 4.78 is 7.74. The summed E-state index contributed by atoms with van der Waals surface area (Å²) in [6.07, 6.45) is 4.88. The van der Waals surface area contributed by atoms with Gasteiger partial charge in [-0.15, -0.1) is 0 Å². The summed E-state index contributed by atoms with van der Waals surface area (Å²) in [7, 11) is 1.91. The van der Waals surface area contributed by atoms with Gasteiger partial charge in [-0.1, -0.05) is 11.6 Å². The van der Waals surface area contributed by atoms with Gasteiger partial charge < -0.3 is 14.7 Å². The van der Waals surface area contributed by atoms with E-state index in [1.54, 1.807) is 0 Å². The van der Waals surface area contributed by atoms with Crippen LogP contribution in [0, 0.1) is 20.8 Å². The van der Waals surface area contributed by atoms with Crippen LogP contribution in [0.4, 0.5) is 0 Å². The Balaban J connectivity index is 1.53. The zero-order valence-corrected chi connectivity index (χ0v) is 19.1. The lowest BCUT2D eigenvalue weighted by molar-refractivity contribution is -0.131. The van der Waals surface area contributed by atoms with Crippen molar-refractivity contribution < 1.29 is 14.6 Å². The molecule has 1 aliphatic heterocycles. The van der Waals surface area contributed by atoms with Gasteiger partial charge in [-0.05, 0) is 75.3 Å². The van der Waals surface area contributed by atoms with E-state index in [4.69, 9.17) is 16.3 Å². The van der Waals surface area contributed by atoms with Crippen molar-refractivity contribution in [2.75, 3.05) is 19.7 Å². The minimum Gasteiger partial charge on any atom is -0.491 e. The van der Waals surface area contributed by atoms with E-state index in [1.165, 1.54) is 0 Å². The lowest BCUT2D eigenvalue weighted by Crippen LogP contribution is -2.38. The lowest BCUT2D eigenvalue weighted by Gasteiger charge is -2.27. The summed E-state index contributed by atoms with van der Waals surface area (Å²) in [4.78, 5) is 14.6. The maximum atomic E-state index is 12.7. The normalized spacial score (nSPS) is 19.6. The summed E-state index contributed by atoms with van der Waals surface area (Å²) >= 11 is 6.22. The fraction of sp³-hybridized carbons (Fsp3) is 0.565. The first-order chi connectivity index (χ1) is 14.2. The molecular weight excluding hydrogens is 402 g/mol. The molecule has 6 nitrogen and oxygen atoms in total. The number of carbonyl (C=O) groups excluding carboxylic acids is 1. The van der Waals surface area contributed by atoms with Crippen LogP contribution in [0.15, 0.2) is 18.3 Å². The number of rotatable bonds is 6. The maximum absolute atomic E-state index is 12.7. The second kappa shape index (κ2) is 9.40. The number of hydrogen-bond acceptors (Lipinski definition) is 4. The molecular formula is C23H32ClN3O3. The first-order valence-corrected chi connectivity index (χ1v) is 10.9. The number of aliphatic hydroxyl groups is 1. The first-order valence-electron chi connectivity index (χ1n) is 10.6. The van der Waals surface area contributed by atoms with Gasteiger partial charge in [-0.25, -0.2) is 0 Å². The van der Waals surface area contributed by atoms with Crippen LogP contribution in [0.5, 0.6) is 5.75 Å². The van der Waals surface area contributed by atoms with Crippen LogP contribution in [-0.2, 0) is 18.3 Å². The molecule has 0 bridgehead atoms. The highest BCUT2D eigenvalue weighted by Crippen LogP contribution is 2.28. The van der Waals surface area contributed by atoms with E-state index in [0.29, 0.717) is 44.5 Å². The molecule has 0 saturated carbocycles. The molecule has 1 fully saturated rings. The molecule has 7 heteroatoms. The van der Waals surface area contributed by atoms with Crippen molar-refractivity contribution in [3.8, 4) is 5.75 Å². The zero-order chi connectivity index (χ0) is 21.9. The molecule has 1 atom stereocenters. The van der Waals surface area contributed by atoms with Crippen LogP contribution in [-0.4, -0.2) is 51.0 Å². The number of aromatic nitrogens is 2. The Morgan fingerprint density at radius 2 is 1.93 bits per heavy atom. The van der Waals surface area contributed by atoms with Crippen molar-refractivity contribution in [3.63, 3.8) is 0 Å². The standard InChI is InChI=1S/C23H32ClN3O3/c1-16-12-20(13-17(2)22(16)24)30-15-23(29)8-5-10-27(11-9-23)21(28)7-6-19-14-25-26(4)18(19)3/h12-14,29H,5-11,15H2,1-4H3. The third-order valence-electron chi connectivity index (χ3n) is 6.13. The Bertz CT molecular complexity index is 888. The number of hydrogen-bond donors (Lipinski definition) is 1. The molecule has 164 valence electrons. The van der Waals surface area contributed by atoms with Crippen LogP contribution in [0.1, 0.15) is 48.1 Å². The number of ether oxygens (including phenoxy) is 1. The van der Waals surface area contributed by atoms with Gasteiger partial charge in [-0.3, -0.25) is 9.48 Å². The van der Waals surface area contributed by atoms with Gasteiger partial charge in [0.1, 0.15) is 18.0 Å². The molecule has 0 spiro atoms. The molecule has 3 rings (SSSR count). The molecule has 0 aliphatic carbocycles. The second-order valence-corrected chi connectivity index (χ2v) is 8.88. The number of halogens is 1. The van der Waals surface area contributed by atoms with Crippen molar-refractivity contribution in [1.82, 2.24) is 14.7 Å². The molecule has 2 heterocycles. The van der Waals surface area contributed by atoms with Crippen LogP contribution in [0.3, 0.4) is 0 Å². The monoisotopic (exact) mass is 433 g/mol. The molecule has 1 saturated heterocycles. The minimum absolute atomic E-state index is 0.132. The lowest BCUT2D eigenvalue weighted by atomic mass is 9.96. The Hall–Kier alpha value is -2.05. The zero-order valence-electron chi connectivity index (χ0n) is 18.4. The van der Waals surface area contributed by atoms with Crippen LogP contribution in [0.2, 0.25) is 5.02 Å². The fourth-order valence-corrected chi connectivity index (χ4v) is 4.08. The highest BCUT2D eigenvalue weighted by molar-refractivity contribution is 6.32. The number of aryl methyl sites for hydroxylation is 4. The van der Waals surface area contributed by atoms with Crippen LogP contribution in [0.25, 0.3) is 0 Å². The first kappa shape index (κ1) is 22.6. The third kappa shape index (κ3) is 5.35. The van der Waals surface area contributed by atoms with Gasteiger partial charge in [0.2, 0.25) is 5.91 Å². The third-order valence-corrected chi connectivity index (χ3v) is 6.73. The van der Waals surface area contributed by atoms with Gasteiger partial charge in [0.05, 0.1) is 6.20 Å². The predicted molar refractivity (Wildman–Crippen MR) is 118 cm³/mol. The Labute approximate surface area is 183 Å². The molecule has 30 heavy (non-hydrogen) atoms. The molecule has 1 N–H and O–H groups in total. The van der Waals surface area contributed by atoms with E-state index >= 15 is 0 Å². The van der Waals surface area contributed by atoms with E-state index in [2.05, 4.69) is 5.10 Å². The number of likely N-dealkylation sites (tertiary alicyclic amines) is 1. The van der Waals surface area contributed by atoms with E-state index in [1.807, 2.05) is 55.7 Å². The smallest absolute Gasteiger partial charge is 0.222 e. The average Bonchev–Trinajstić information content (AvgIpc) is 2.90. The Morgan fingerprint density at radius 1 is 1.23 bits per heavy atom. The van der Waals surface area contributed by atoms with Gasteiger partial charge in [0.25, 0.3) is 0 Å². The van der Waals surface area contributed by atoms with Crippen LogP contribution < -0.4 is 4.74 Å². The average molecular weight is 434 g/mol. The molecule has 0 radical (unpaired) electrons. The largest absolute Gasteiger partial charge is 0.491 e. The summed E-state index contributed by atoms with van der Waals surface area (Å²) in [5.41, 5.74) is 3.19. The van der Waals surface area contributed by atoms with Crippen molar-refractivity contribution in [2.45, 2.75) is 58.5 Å². The van der Waals surface area contributed by atoms with Gasteiger partial charge in [-0.2, -0.15) is 5.10 Å². The molecule has 2 aromatic rings. The van der Waals surface area contributed by atoms with Crippen molar-refractivity contribution in [1.29, 1.82) is 0 Å². The molecule has 1 aromatic heterocycles. The SMILES string of the molecule is Cc1cc(OCC2(O)CCCN(C(=O)CCc3cnn(C)c3C)CC2)cc(C)c1Cl. The maximum Gasteiger partial charge on any atom is 0.222 e. The topological polar surface area (TPSA) is 67.6 Å². The van der Waals surface area contributed by atoms with E-state index in [0.717, 1.165) is 33.8 Å². The van der Waals surface area contributed by atoms with E-state index < -0.39 is 5.60 Å². The highest BCUT2D eigenvalue weighted by atomic mass is 35.5. The van der Waals surface area contributed by atoms with Gasteiger partial charge in [0.15, 0.2) is 0 Å². The number of amides is 1. The predicted octanol–water partition coefficient (Wildman–Crippen LogP) is 3.75. The molecule has 1 aliphatic rings. The van der Waals surface area contributed by atoms with E-state index in [-0.39, 0.29) is 12.5 Å². The Kier molecular flexibility index (Phi) is 7.09. The second-order valence-electron chi connectivity index (χ2n) is 8.50. The number of carbonyl (C=O) groups is 1. The molecule has 1 amide bonds. The fourth-order valence-electron chi connectivity index (χ4n) is 3.97. The van der Waals surface area contributed by atoms with Crippen LogP contribution >= 0.6 is 11.6 Å². The van der Waals surface area contributed by atoms with Crippen molar-refractivity contribution in [2.24, 2.45) is 7.05 Å². The molecule has 1 unspecified atom stereocenters. The minimum atomic E-state index is -0.934. The number of benzene rings is 1. The summed E-state index contributed by atoms with van der Waals surface area (Å²) in [6, 6.07) is 3.79. The van der Waals surface area contributed by atoms with Crippen molar-refractivity contribution >= 4 is 17.5 Å². The molecule has 1 aromatic carbocycles. The Morgan fingerprint density at radius 3 is 2.57 bits per heavy atom. The van der Waals surface area contributed by atoms with Gasteiger partial charge in [0, 0.05) is 37.3 Å². The summed E-state index contributed by atoms with van der Waals surface area (Å²) in [5, 5.41) is 16.0. The van der Waals surface area contributed by atoms with Crippen molar-refractivity contribution in [3.05, 3.63) is 45.7 Å². The summed E-state index contributed by atoms with van der Waals surface area (Å²) in [5.74, 6) is 0.846. The highest BCUT2D eigenvalue weighted by Gasteiger charge is 2.32.